The van der Waals surface area contributed by atoms with E-state index in [9.17, 15) is 4.79 Å². The molecule has 1 heterocycles. The highest BCUT2D eigenvalue weighted by Crippen LogP contribution is 2.17. The first-order valence-electron chi connectivity index (χ1n) is 5.81. The summed E-state index contributed by atoms with van der Waals surface area (Å²) in [5, 5.41) is 3.03. The molecule has 0 aromatic heterocycles. The fourth-order valence-corrected chi connectivity index (χ4v) is 1.89. The average molecular weight is 214 g/mol. The van der Waals surface area contributed by atoms with Gasteiger partial charge in [-0.25, -0.2) is 0 Å². The first-order valence-corrected chi connectivity index (χ1v) is 5.81. The third kappa shape index (κ3) is 2.92. The van der Waals surface area contributed by atoms with Crippen molar-refractivity contribution in [3.8, 4) is 0 Å². The van der Waals surface area contributed by atoms with E-state index < -0.39 is 0 Å². The summed E-state index contributed by atoms with van der Waals surface area (Å²) < 4.78 is 5.34. The van der Waals surface area contributed by atoms with Crippen LogP contribution in [0.2, 0.25) is 0 Å². The number of rotatable bonds is 5. The average Bonchev–Trinajstić information content (AvgIpc) is 2.79. The number of nitrogens with two attached hydrogens (primary N) is 1. The lowest BCUT2D eigenvalue weighted by atomic mass is 9.92. The lowest BCUT2D eigenvalue weighted by Gasteiger charge is -2.32. The molecule has 1 aliphatic rings. The molecular formula is C11H22N2O2. The van der Waals surface area contributed by atoms with Gasteiger partial charge in [0.2, 0.25) is 5.91 Å². The quantitative estimate of drug-likeness (QED) is 0.711. The summed E-state index contributed by atoms with van der Waals surface area (Å²) >= 11 is 0. The van der Waals surface area contributed by atoms with Gasteiger partial charge in [0.25, 0.3) is 0 Å². The maximum Gasteiger partial charge on any atom is 0.249 e. The zero-order valence-electron chi connectivity index (χ0n) is 9.71. The molecule has 1 rings (SSSR count). The second kappa shape index (κ2) is 5.47. The minimum Gasteiger partial charge on any atom is -0.368 e. The van der Waals surface area contributed by atoms with Crippen molar-refractivity contribution in [3.63, 3.8) is 0 Å². The first-order chi connectivity index (χ1) is 7.17. The minimum atomic E-state index is -0.256. The number of hydrogen-bond acceptors (Lipinski definition) is 3. The van der Waals surface area contributed by atoms with Gasteiger partial charge in [0.05, 0.1) is 5.54 Å². The van der Waals surface area contributed by atoms with Crippen LogP contribution in [0.15, 0.2) is 0 Å². The molecule has 0 aromatic rings. The standard InChI is InChI=1S/C11H22N2O2/c1-3-11(4-2,8-12)13-10(14)9-6-5-7-15-9/h9H,3-8,12H2,1-2H3,(H,13,14)/t9-/m0/s1. The first kappa shape index (κ1) is 12.5. The molecule has 0 unspecified atom stereocenters. The van der Waals surface area contributed by atoms with Crippen LogP contribution >= 0.6 is 0 Å². The smallest absolute Gasteiger partial charge is 0.249 e. The van der Waals surface area contributed by atoms with Gasteiger partial charge in [0.1, 0.15) is 6.10 Å². The lowest BCUT2D eigenvalue weighted by molar-refractivity contribution is -0.132. The summed E-state index contributed by atoms with van der Waals surface area (Å²) in [6.45, 7) is 5.28. The molecule has 1 atom stereocenters. The maximum absolute atomic E-state index is 11.8. The van der Waals surface area contributed by atoms with Gasteiger partial charge in [-0.1, -0.05) is 13.8 Å². The summed E-state index contributed by atoms with van der Waals surface area (Å²) in [5.74, 6) is 0.00153. The molecule has 0 aliphatic carbocycles. The number of hydrogen-bond donors (Lipinski definition) is 2. The molecule has 4 heteroatoms. The van der Waals surface area contributed by atoms with Gasteiger partial charge in [-0.3, -0.25) is 4.79 Å². The number of ether oxygens (including phenoxy) is 1. The van der Waals surface area contributed by atoms with Gasteiger partial charge in [-0.05, 0) is 25.7 Å². The predicted molar refractivity (Wildman–Crippen MR) is 59.5 cm³/mol. The molecule has 1 saturated heterocycles. The maximum atomic E-state index is 11.8. The third-order valence-electron chi connectivity index (χ3n) is 3.35. The van der Waals surface area contributed by atoms with Crippen LogP contribution in [0.1, 0.15) is 39.5 Å². The van der Waals surface area contributed by atoms with Crippen LogP contribution in [-0.4, -0.2) is 30.7 Å². The number of amides is 1. The second-order valence-corrected chi connectivity index (χ2v) is 4.18. The molecule has 1 aliphatic heterocycles. The van der Waals surface area contributed by atoms with Gasteiger partial charge in [-0.15, -0.1) is 0 Å². The van der Waals surface area contributed by atoms with E-state index in [1.54, 1.807) is 0 Å². The molecular weight excluding hydrogens is 192 g/mol. The van der Waals surface area contributed by atoms with E-state index in [2.05, 4.69) is 5.32 Å². The fourth-order valence-electron chi connectivity index (χ4n) is 1.89. The van der Waals surface area contributed by atoms with Crippen LogP contribution in [-0.2, 0) is 9.53 Å². The highest BCUT2D eigenvalue weighted by Gasteiger charge is 2.31. The van der Waals surface area contributed by atoms with Crippen molar-refractivity contribution in [1.82, 2.24) is 5.32 Å². The second-order valence-electron chi connectivity index (χ2n) is 4.18. The van der Waals surface area contributed by atoms with Crippen LogP contribution in [0, 0.1) is 0 Å². The molecule has 0 spiro atoms. The minimum absolute atomic E-state index is 0.00153. The lowest BCUT2D eigenvalue weighted by Crippen LogP contribution is -2.55. The Bertz CT molecular complexity index is 200. The fraction of sp³-hybridized carbons (Fsp3) is 0.909. The Balaban J connectivity index is 2.53. The van der Waals surface area contributed by atoms with E-state index in [0.29, 0.717) is 13.2 Å². The molecule has 0 bridgehead atoms. The highest BCUT2D eigenvalue weighted by molar-refractivity contribution is 5.81. The Morgan fingerprint density at radius 3 is 2.60 bits per heavy atom. The van der Waals surface area contributed by atoms with E-state index in [4.69, 9.17) is 10.5 Å². The van der Waals surface area contributed by atoms with Crippen LogP contribution < -0.4 is 11.1 Å². The monoisotopic (exact) mass is 214 g/mol. The molecule has 1 amide bonds. The van der Waals surface area contributed by atoms with Gasteiger partial charge in [0, 0.05) is 13.2 Å². The third-order valence-corrected chi connectivity index (χ3v) is 3.35. The number of carbonyl (C=O) groups excluding carboxylic acids is 1. The van der Waals surface area contributed by atoms with Crippen molar-refractivity contribution in [2.45, 2.75) is 51.2 Å². The van der Waals surface area contributed by atoms with Crippen LogP contribution in [0.3, 0.4) is 0 Å². The van der Waals surface area contributed by atoms with Gasteiger partial charge >= 0.3 is 0 Å². The van der Waals surface area contributed by atoms with Crippen molar-refractivity contribution in [2.24, 2.45) is 5.73 Å². The molecule has 88 valence electrons. The normalized spacial score (nSPS) is 21.7. The summed E-state index contributed by atoms with van der Waals surface area (Å²) in [7, 11) is 0. The SMILES string of the molecule is CCC(CC)(CN)NC(=O)[C@@H]1CCCO1. The summed E-state index contributed by atoms with van der Waals surface area (Å²) in [5.41, 5.74) is 5.47. The van der Waals surface area contributed by atoms with Gasteiger partial charge < -0.3 is 15.8 Å². The molecule has 0 radical (unpaired) electrons. The largest absolute Gasteiger partial charge is 0.368 e. The van der Waals surface area contributed by atoms with Crippen molar-refractivity contribution in [2.75, 3.05) is 13.2 Å². The van der Waals surface area contributed by atoms with E-state index >= 15 is 0 Å². The Labute approximate surface area is 91.5 Å². The zero-order valence-corrected chi connectivity index (χ0v) is 9.71. The van der Waals surface area contributed by atoms with Crippen LogP contribution in [0.25, 0.3) is 0 Å². The molecule has 1 fully saturated rings. The van der Waals surface area contributed by atoms with Crippen molar-refractivity contribution < 1.29 is 9.53 Å². The number of nitrogens with one attached hydrogen (secondary N) is 1. The van der Waals surface area contributed by atoms with Crippen molar-refractivity contribution in [1.29, 1.82) is 0 Å². The van der Waals surface area contributed by atoms with E-state index in [1.165, 1.54) is 0 Å². The summed E-state index contributed by atoms with van der Waals surface area (Å²) in [4.78, 5) is 11.8. The van der Waals surface area contributed by atoms with Crippen LogP contribution in [0.4, 0.5) is 0 Å². The molecule has 0 saturated carbocycles. The van der Waals surface area contributed by atoms with Gasteiger partial charge in [0.15, 0.2) is 0 Å². The Hall–Kier alpha value is -0.610. The van der Waals surface area contributed by atoms with E-state index in [-0.39, 0.29) is 17.6 Å². The van der Waals surface area contributed by atoms with Crippen molar-refractivity contribution >= 4 is 5.91 Å². The molecule has 15 heavy (non-hydrogen) atoms. The molecule has 4 nitrogen and oxygen atoms in total. The summed E-state index contributed by atoms with van der Waals surface area (Å²) in [6, 6.07) is 0. The molecule has 3 N–H and O–H groups in total. The van der Waals surface area contributed by atoms with Gasteiger partial charge in [-0.2, -0.15) is 0 Å². The van der Waals surface area contributed by atoms with E-state index in [0.717, 1.165) is 25.7 Å². The zero-order chi connectivity index (χ0) is 11.3. The van der Waals surface area contributed by atoms with Crippen molar-refractivity contribution in [3.05, 3.63) is 0 Å². The summed E-state index contributed by atoms with van der Waals surface area (Å²) in [6.07, 6.45) is 3.28. The van der Waals surface area contributed by atoms with E-state index in [1.807, 2.05) is 13.8 Å². The predicted octanol–water partition coefficient (Wildman–Crippen LogP) is 0.799. The molecule has 0 aromatic carbocycles. The topological polar surface area (TPSA) is 64.3 Å². The highest BCUT2D eigenvalue weighted by atomic mass is 16.5. The Morgan fingerprint density at radius 2 is 2.20 bits per heavy atom. The Morgan fingerprint density at radius 1 is 1.53 bits per heavy atom. The van der Waals surface area contributed by atoms with Crippen LogP contribution in [0.5, 0.6) is 0 Å². The Kier molecular flexibility index (Phi) is 4.54. The number of carbonyl (C=O) groups is 1.